The van der Waals surface area contributed by atoms with Crippen molar-refractivity contribution >= 4 is 23.2 Å². The first kappa shape index (κ1) is 17.1. The second-order valence-electron chi connectivity index (χ2n) is 6.20. The third-order valence-corrected chi connectivity index (χ3v) is 4.41. The lowest BCUT2D eigenvalue weighted by molar-refractivity contribution is 0.0980. The first-order valence-electron chi connectivity index (χ1n) is 8.57. The van der Waals surface area contributed by atoms with Gasteiger partial charge in [0.25, 0.3) is 5.91 Å². The second kappa shape index (κ2) is 7.11. The Bertz CT molecular complexity index is 1010. The van der Waals surface area contributed by atoms with Gasteiger partial charge >= 0.3 is 0 Å². The molecule has 1 N–H and O–H groups in total. The number of carbonyl (C=O) groups is 1. The number of nitrogens with zero attached hydrogens (tertiary/aromatic N) is 3. The fourth-order valence-electron chi connectivity index (χ4n) is 3.13. The average molecular weight is 366 g/mol. The van der Waals surface area contributed by atoms with E-state index in [0.717, 1.165) is 36.2 Å². The molecule has 5 nitrogen and oxygen atoms in total. The number of nitrogens with one attached hydrogen (secondary N) is 1. The van der Waals surface area contributed by atoms with Gasteiger partial charge in [0.05, 0.1) is 5.69 Å². The van der Waals surface area contributed by atoms with Crippen LogP contribution in [0.1, 0.15) is 22.5 Å². The zero-order chi connectivity index (χ0) is 18.8. The molecule has 0 radical (unpaired) electrons. The molecule has 0 fully saturated rings. The minimum absolute atomic E-state index is 0.0318. The highest BCUT2D eigenvalue weighted by atomic mass is 19.1. The van der Waals surface area contributed by atoms with Gasteiger partial charge in [0, 0.05) is 24.5 Å². The Kier molecular flexibility index (Phi) is 4.50. The minimum Gasteiger partial charge on any atom is -0.322 e. The quantitative estimate of drug-likeness (QED) is 0.758. The maximum atomic E-state index is 13.8. The van der Waals surface area contributed by atoms with Gasteiger partial charge in [0.2, 0.25) is 5.95 Å². The molecule has 7 heteroatoms. The van der Waals surface area contributed by atoms with Crippen LogP contribution in [0, 0.1) is 11.6 Å². The molecular formula is C20H16F2N4O. The molecule has 0 bridgehead atoms. The molecule has 1 aliphatic heterocycles. The molecule has 3 aromatic rings. The standard InChI is InChI=1S/C20H16F2N4O/c21-14-7-8-16(15(22)12-14)24-20-23-10-9-17(25-20)19(27)26-11-3-5-13-4-1-2-6-18(13)26/h1-2,4,6-10,12H,3,5,11H2,(H,23,24,25). The maximum Gasteiger partial charge on any atom is 0.277 e. The number of aromatic nitrogens is 2. The van der Waals surface area contributed by atoms with E-state index in [1.54, 1.807) is 4.90 Å². The van der Waals surface area contributed by atoms with Crippen molar-refractivity contribution in [3.63, 3.8) is 0 Å². The van der Waals surface area contributed by atoms with Crippen molar-refractivity contribution in [2.45, 2.75) is 12.8 Å². The van der Waals surface area contributed by atoms with Crippen LogP contribution in [-0.2, 0) is 6.42 Å². The molecular weight excluding hydrogens is 350 g/mol. The van der Waals surface area contributed by atoms with Gasteiger partial charge in [0.15, 0.2) is 0 Å². The number of para-hydroxylation sites is 1. The molecule has 4 rings (SSSR count). The van der Waals surface area contributed by atoms with Gasteiger partial charge in [-0.2, -0.15) is 0 Å². The third kappa shape index (κ3) is 3.48. The Morgan fingerprint density at radius 3 is 2.81 bits per heavy atom. The summed E-state index contributed by atoms with van der Waals surface area (Å²) in [4.78, 5) is 22.9. The van der Waals surface area contributed by atoms with E-state index in [-0.39, 0.29) is 23.2 Å². The summed E-state index contributed by atoms with van der Waals surface area (Å²) in [5.74, 6) is -1.62. The van der Waals surface area contributed by atoms with Gasteiger partial charge in [-0.05, 0) is 42.7 Å². The summed E-state index contributed by atoms with van der Waals surface area (Å²) in [6, 6.07) is 12.5. The van der Waals surface area contributed by atoms with E-state index >= 15 is 0 Å². The van der Waals surface area contributed by atoms with E-state index in [1.165, 1.54) is 18.3 Å². The Balaban J connectivity index is 1.60. The lowest BCUT2D eigenvalue weighted by atomic mass is 10.0. The van der Waals surface area contributed by atoms with Crippen molar-refractivity contribution in [3.8, 4) is 0 Å². The summed E-state index contributed by atoms with van der Waals surface area (Å²) in [7, 11) is 0. The molecule has 0 spiro atoms. The predicted octanol–water partition coefficient (Wildman–Crippen LogP) is 4.09. The number of amides is 1. The summed E-state index contributed by atoms with van der Waals surface area (Å²) in [5, 5.41) is 2.68. The number of fused-ring (bicyclic) bond motifs is 1. The molecule has 136 valence electrons. The number of carbonyl (C=O) groups excluding carboxylic acids is 1. The zero-order valence-corrected chi connectivity index (χ0v) is 14.3. The molecule has 1 amide bonds. The lowest BCUT2D eigenvalue weighted by Gasteiger charge is -2.29. The molecule has 1 aliphatic rings. The number of halogens is 2. The van der Waals surface area contributed by atoms with Gasteiger partial charge in [0.1, 0.15) is 17.3 Å². The highest BCUT2D eigenvalue weighted by Gasteiger charge is 2.24. The Morgan fingerprint density at radius 1 is 1.11 bits per heavy atom. The number of aryl methyl sites for hydroxylation is 1. The summed E-state index contributed by atoms with van der Waals surface area (Å²) < 4.78 is 26.9. The SMILES string of the molecule is O=C(c1ccnc(Nc2ccc(F)cc2F)n1)N1CCCc2ccccc21. The largest absolute Gasteiger partial charge is 0.322 e. The average Bonchev–Trinajstić information content (AvgIpc) is 2.69. The van der Waals surface area contributed by atoms with Crippen LogP contribution in [0.3, 0.4) is 0 Å². The van der Waals surface area contributed by atoms with E-state index in [1.807, 2.05) is 24.3 Å². The van der Waals surface area contributed by atoms with Gasteiger partial charge in [-0.3, -0.25) is 4.79 Å². The third-order valence-electron chi connectivity index (χ3n) is 4.41. The van der Waals surface area contributed by atoms with Crippen molar-refractivity contribution in [1.29, 1.82) is 0 Å². The number of hydrogen-bond acceptors (Lipinski definition) is 4. The van der Waals surface area contributed by atoms with Crippen molar-refractivity contribution in [1.82, 2.24) is 9.97 Å². The van der Waals surface area contributed by atoms with Crippen LogP contribution in [0.15, 0.2) is 54.7 Å². The number of rotatable bonds is 3. The number of benzene rings is 2. The molecule has 2 aromatic carbocycles. The molecule has 0 unspecified atom stereocenters. The van der Waals surface area contributed by atoms with Crippen LogP contribution in [0.25, 0.3) is 0 Å². The molecule has 1 aromatic heterocycles. The number of anilines is 3. The highest BCUT2D eigenvalue weighted by Crippen LogP contribution is 2.28. The molecule has 0 saturated heterocycles. The van der Waals surface area contributed by atoms with Crippen molar-refractivity contribution in [2.75, 3.05) is 16.8 Å². The summed E-state index contributed by atoms with van der Waals surface area (Å²) in [6.07, 6.45) is 3.24. The fraction of sp³-hybridized carbons (Fsp3) is 0.150. The Labute approximate surface area is 154 Å². The van der Waals surface area contributed by atoms with Gasteiger partial charge < -0.3 is 10.2 Å². The van der Waals surface area contributed by atoms with Crippen LogP contribution >= 0.6 is 0 Å². The maximum absolute atomic E-state index is 13.8. The van der Waals surface area contributed by atoms with Crippen LogP contribution in [0.4, 0.5) is 26.1 Å². The molecule has 0 aliphatic carbocycles. The zero-order valence-electron chi connectivity index (χ0n) is 14.3. The fourth-order valence-corrected chi connectivity index (χ4v) is 3.13. The Hall–Kier alpha value is -3.35. The van der Waals surface area contributed by atoms with Gasteiger partial charge in [-0.25, -0.2) is 18.7 Å². The second-order valence-corrected chi connectivity index (χ2v) is 6.20. The van der Waals surface area contributed by atoms with E-state index in [4.69, 9.17) is 0 Å². The van der Waals surface area contributed by atoms with Crippen LogP contribution in [0.2, 0.25) is 0 Å². The van der Waals surface area contributed by atoms with Crippen LogP contribution in [0.5, 0.6) is 0 Å². The normalized spacial score (nSPS) is 13.2. The smallest absolute Gasteiger partial charge is 0.277 e. The molecule has 2 heterocycles. The molecule has 0 atom stereocenters. The van der Waals surface area contributed by atoms with E-state index in [0.29, 0.717) is 6.54 Å². The van der Waals surface area contributed by atoms with Crippen molar-refractivity contribution in [2.24, 2.45) is 0 Å². The lowest BCUT2D eigenvalue weighted by Crippen LogP contribution is -2.36. The monoisotopic (exact) mass is 366 g/mol. The van der Waals surface area contributed by atoms with Gasteiger partial charge in [-0.15, -0.1) is 0 Å². The Morgan fingerprint density at radius 2 is 1.96 bits per heavy atom. The molecule has 27 heavy (non-hydrogen) atoms. The number of hydrogen-bond donors (Lipinski definition) is 1. The highest BCUT2D eigenvalue weighted by molar-refractivity contribution is 6.05. The van der Waals surface area contributed by atoms with Gasteiger partial charge in [-0.1, -0.05) is 18.2 Å². The first-order chi connectivity index (χ1) is 13.1. The van der Waals surface area contributed by atoms with E-state index in [2.05, 4.69) is 15.3 Å². The van der Waals surface area contributed by atoms with Crippen LogP contribution in [-0.4, -0.2) is 22.4 Å². The van der Waals surface area contributed by atoms with Crippen LogP contribution < -0.4 is 10.2 Å². The van der Waals surface area contributed by atoms with E-state index < -0.39 is 11.6 Å². The summed E-state index contributed by atoms with van der Waals surface area (Å²) >= 11 is 0. The summed E-state index contributed by atoms with van der Waals surface area (Å²) in [6.45, 7) is 0.606. The first-order valence-corrected chi connectivity index (χ1v) is 8.57. The predicted molar refractivity (Wildman–Crippen MR) is 98.1 cm³/mol. The topological polar surface area (TPSA) is 58.1 Å². The summed E-state index contributed by atoms with van der Waals surface area (Å²) in [5.41, 5.74) is 2.24. The van der Waals surface area contributed by atoms with Crippen molar-refractivity contribution in [3.05, 3.63) is 77.6 Å². The van der Waals surface area contributed by atoms with E-state index in [9.17, 15) is 13.6 Å². The molecule has 0 saturated carbocycles. The van der Waals surface area contributed by atoms with Crippen molar-refractivity contribution < 1.29 is 13.6 Å². The minimum atomic E-state index is -0.764.